The van der Waals surface area contributed by atoms with Crippen molar-refractivity contribution in [3.8, 4) is 0 Å². The minimum absolute atomic E-state index is 0.0661. The van der Waals surface area contributed by atoms with Gasteiger partial charge in [0.15, 0.2) is 0 Å². The molecule has 0 radical (unpaired) electrons. The van der Waals surface area contributed by atoms with Crippen LogP contribution in [0.3, 0.4) is 0 Å². The standard InChI is InChI=1S/C20H22BrN3O2/c1-12-3-8-17(16(21)9-12)24-19(25)11-22-18-10-14(5-4-13(18)2)20(26)23-15-6-7-15/h3-5,8-10,15,22H,6-7,11H2,1-2H3,(H,23,26)(H,24,25). The molecule has 0 unspecified atom stereocenters. The van der Waals surface area contributed by atoms with Crippen LogP contribution in [0.2, 0.25) is 0 Å². The van der Waals surface area contributed by atoms with Crippen LogP contribution in [0.15, 0.2) is 40.9 Å². The van der Waals surface area contributed by atoms with Crippen LogP contribution < -0.4 is 16.0 Å². The Labute approximate surface area is 161 Å². The molecule has 1 aliphatic carbocycles. The van der Waals surface area contributed by atoms with Gasteiger partial charge in [0.2, 0.25) is 5.91 Å². The highest BCUT2D eigenvalue weighted by Gasteiger charge is 2.24. The van der Waals surface area contributed by atoms with Crippen molar-refractivity contribution in [1.29, 1.82) is 0 Å². The second-order valence-electron chi connectivity index (χ2n) is 6.66. The Morgan fingerprint density at radius 3 is 2.54 bits per heavy atom. The summed E-state index contributed by atoms with van der Waals surface area (Å²) in [7, 11) is 0. The molecule has 1 aliphatic rings. The van der Waals surface area contributed by atoms with Crippen LogP contribution in [0, 0.1) is 13.8 Å². The van der Waals surface area contributed by atoms with Gasteiger partial charge < -0.3 is 16.0 Å². The Balaban J connectivity index is 1.61. The molecule has 0 bridgehead atoms. The molecular weight excluding hydrogens is 394 g/mol. The third kappa shape index (κ3) is 4.85. The molecule has 6 heteroatoms. The Morgan fingerprint density at radius 2 is 1.85 bits per heavy atom. The summed E-state index contributed by atoms with van der Waals surface area (Å²) in [5, 5.41) is 8.97. The molecule has 0 saturated heterocycles. The molecule has 5 nitrogen and oxygen atoms in total. The first-order chi connectivity index (χ1) is 12.4. The predicted octanol–water partition coefficient (Wildman–Crippen LogP) is 4.01. The van der Waals surface area contributed by atoms with Crippen molar-refractivity contribution in [1.82, 2.24) is 5.32 Å². The lowest BCUT2D eigenvalue weighted by Crippen LogP contribution is -2.26. The molecule has 2 aromatic carbocycles. The molecule has 2 amide bonds. The fraction of sp³-hybridized carbons (Fsp3) is 0.300. The lowest BCUT2D eigenvalue weighted by atomic mass is 10.1. The molecule has 1 saturated carbocycles. The first-order valence-corrected chi connectivity index (χ1v) is 9.43. The molecule has 0 atom stereocenters. The maximum atomic E-state index is 12.2. The number of anilines is 2. The van der Waals surface area contributed by atoms with Gasteiger partial charge in [0.1, 0.15) is 0 Å². The van der Waals surface area contributed by atoms with E-state index in [9.17, 15) is 9.59 Å². The van der Waals surface area contributed by atoms with E-state index in [-0.39, 0.29) is 18.4 Å². The summed E-state index contributed by atoms with van der Waals surface area (Å²) in [5.41, 5.74) is 4.22. The SMILES string of the molecule is Cc1ccc(NC(=O)CNc2cc(C(=O)NC3CC3)ccc2C)c(Br)c1. The molecule has 2 aromatic rings. The van der Waals surface area contributed by atoms with E-state index in [1.807, 2.05) is 44.2 Å². The molecule has 0 aliphatic heterocycles. The topological polar surface area (TPSA) is 70.2 Å². The van der Waals surface area contributed by atoms with Crippen LogP contribution in [0.4, 0.5) is 11.4 Å². The van der Waals surface area contributed by atoms with E-state index in [0.717, 1.165) is 39.8 Å². The Morgan fingerprint density at radius 1 is 1.08 bits per heavy atom. The number of aryl methyl sites for hydroxylation is 2. The Hall–Kier alpha value is -2.34. The highest BCUT2D eigenvalue weighted by molar-refractivity contribution is 9.10. The van der Waals surface area contributed by atoms with Crippen molar-refractivity contribution >= 4 is 39.1 Å². The van der Waals surface area contributed by atoms with Crippen LogP contribution >= 0.6 is 15.9 Å². The van der Waals surface area contributed by atoms with Gasteiger partial charge in [-0.15, -0.1) is 0 Å². The normalized spacial score (nSPS) is 13.2. The average molecular weight is 416 g/mol. The van der Waals surface area contributed by atoms with Crippen LogP contribution in [0.1, 0.15) is 34.3 Å². The fourth-order valence-electron chi connectivity index (χ4n) is 2.54. The summed E-state index contributed by atoms with van der Waals surface area (Å²) in [4.78, 5) is 24.4. The zero-order chi connectivity index (χ0) is 18.7. The molecule has 1 fully saturated rings. The minimum atomic E-state index is -0.151. The minimum Gasteiger partial charge on any atom is -0.376 e. The van der Waals surface area contributed by atoms with Gasteiger partial charge in [-0.05, 0) is 78.0 Å². The third-order valence-corrected chi connectivity index (χ3v) is 4.91. The number of nitrogens with one attached hydrogen (secondary N) is 3. The third-order valence-electron chi connectivity index (χ3n) is 4.25. The number of amides is 2. The van der Waals surface area contributed by atoms with E-state index in [2.05, 4.69) is 31.9 Å². The highest BCUT2D eigenvalue weighted by Crippen LogP contribution is 2.24. The molecule has 3 N–H and O–H groups in total. The Kier molecular flexibility index (Phi) is 5.61. The number of benzene rings is 2. The summed E-state index contributed by atoms with van der Waals surface area (Å²) in [6.07, 6.45) is 2.11. The van der Waals surface area contributed by atoms with Crippen molar-refractivity contribution in [3.05, 3.63) is 57.6 Å². The van der Waals surface area contributed by atoms with E-state index in [0.29, 0.717) is 11.6 Å². The number of hydrogen-bond acceptors (Lipinski definition) is 3. The average Bonchev–Trinajstić information content (AvgIpc) is 3.40. The summed E-state index contributed by atoms with van der Waals surface area (Å²) in [6, 6.07) is 11.6. The zero-order valence-corrected chi connectivity index (χ0v) is 16.4. The van der Waals surface area contributed by atoms with Crippen LogP contribution in [0.25, 0.3) is 0 Å². The van der Waals surface area contributed by atoms with Crippen LogP contribution in [-0.2, 0) is 4.79 Å². The molecule has 136 valence electrons. The number of rotatable bonds is 6. The lowest BCUT2D eigenvalue weighted by Gasteiger charge is -2.13. The maximum absolute atomic E-state index is 12.2. The second kappa shape index (κ2) is 7.91. The number of halogens is 1. The molecule has 0 spiro atoms. The first-order valence-electron chi connectivity index (χ1n) is 8.64. The lowest BCUT2D eigenvalue weighted by molar-refractivity contribution is -0.114. The summed E-state index contributed by atoms with van der Waals surface area (Å²) in [5.74, 6) is -0.217. The van der Waals surface area contributed by atoms with Crippen molar-refractivity contribution in [2.45, 2.75) is 32.7 Å². The van der Waals surface area contributed by atoms with Crippen molar-refractivity contribution in [2.75, 3.05) is 17.2 Å². The van der Waals surface area contributed by atoms with Gasteiger partial charge >= 0.3 is 0 Å². The largest absolute Gasteiger partial charge is 0.376 e. The molecule has 0 heterocycles. The van der Waals surface area contributed by atoms with E-state index in [1.165, 1.54) is 0 Å². The molecule has 0 aromatic heterocycles. The van der Waals surface area contributed by atoms with Gasteiger partial charge in [-0.3, -0.25) is 9.59 Å². The first kappa shape index (κ1) is 18.5. The van der Waals surface area contributed by atoms with Gasteiger partial charge in [0.25, 0.3) is 5.91 Å². The van der Waals surface area contributed by atoms with Gasteiger partial charge in [-0.25, -0.2) is 0 Å². The molecular formula is C20H22BrN3O2. The van der Waals surface area contributed by atoms with Gasteiger partial charge in [-0.1, -0.05) is 12.1 Å². The van der Waals surface area contributed by atoms with Crippen LogP contribution in [-0.4, -0.2) is 24.4 Å². The monoisotopic (exact) mass is 415 g/mol. The number of carbonyl (C=O) groups excluding carboxylic acids is 2. The van der Waals surface area contributed by atoms with Crippen molar-refractivity contribution in [3.63, 3.8) is 0 Å². The van der Waals surface area contributed by atoms with E-state index in [4.69, 9.17) is 0 Å². The fourth-order valence-corrected chi connectivity index (χ4v) is 3.13. The van der Waals surface area contributed by atoms with E-state index >= 15 is 0 Å². The highest BCUT2D eigenvalue weighted by atomic mass is 79.9. The number of hydrogen-bond donors (Lipinski definition) is 3. The summed E-state index contributed by atoms with van der Waals surface area (Å²) < 4.78 is 0.848. The van der Waals surface area contributed by atoms with Crippen molar-refractivity contribution in [2.24, 2.45) is 0 Å². The van der Waals surface area contributed by atoms with E-state index < -0.39 is 0 Å². The Bertz CT molecular complexity index is 847. The van der Waals surface area contributed by atoms with E-state index in [1.54, 1.807) is 6.07 Å². The smallest absolute Gasteiger partial charge is 0.251 e. The quantitative estimate of drug-likeness (QED) is 0.667. The molecule has 3 rings (SSSR count). The van der Waals surface area contributed by atoms with Gasteiger partial charge in [-0.2, -0.15) is 0 Å². The van der Waals surface area contributed by atoms with Gasteiger partial charge in [0.05, 0.1) is 12.2 Å². The predicted molar refractivity (Wildman–Crippen MR) is 108 cm³/mol. The zero-order valence-electron chi connectivity index (χ0n) is 14.9. The van der Waals surface area contributed by atoms with Crippen molar-refractivity contribution < 1.29 is 9.59 Å². The summed E-state index contributed by atoms with van der Waals surface area (Å²) >= 11 is 3.45. The maximum Gasteiger partial charge on any atom is 0.251 e. The molecule has 26 heavy (non-hydrogen) atoms. The second-order valence-corrected chi connectivity index (χ2v) is 7.52. The number of carbonyl (C=O) groups is 2. The van der Waals surface area contributed by atoms with Gasteiger partial charge in [0, 0.05) is 21.8 Å². The van der Waals surface area contributed by atoms with Crippen LogP contribution in [0.5, 0.6) is 0 Å². The summed E-state index contributed by atoms with van der Waals surface area (Å²) in [6.45, 7) is 4.06.